The summed E-state index contributed by atoms with van der Waals surface area (Å²) in [5, 5.41) is 20.5. The zero-order chi connectivity index (χ0) is 10.6. The molecule has 0 bridgehead atoms. The molecule has 0 aliphatic heterocycles. The Balaban J connectivity index is 2.78. The third-order valence-electron chi connectivity index (χ3n) is 1.84. The molecular formula is C10H11NO3. The van der Waals surface area contributed by atoms with E-state index in [2.05, 4.69) is 5.16 Å². The van der Waals surface area contributed by atoms with Gasteiger partial charge >= 0.3 is 0 Å². The van der Waals surface area contributed by atoms with Crippen molar-refractivity contribution in [1.82, 2.24) is 0 Å². The normalized spacial score (nSPS) is 11.4. The molecule has 4 nitrogen and oxygen atoms in total. The van der Waals surface area contributed by atoms with Crippen LogP contribution in [0.25, 0.3) is 0 Å². The first-order valence-electron chi connectivity index (χ1n) is 4.13. The Morgan fingerprint density at radius 1 is 1.36 bits per heavy atom. The molecule has 0 spiro atoms. The predicted octanol–water partition coefficient (Wildman–Crippen LogP) is 1.35. The van der Waals surface area contributed by atoms with Crippen LogP contribution in [0.1, 0.15) is 12.5 Å². The average molecular weight is 193 g/mol. The standard InChI is InChI=1S/C10H11NO3/c1-7(12)10(11-14)6-8-2-4-9(13)5-3-8/h2-5,13-14H,6H2,1H3/b11-10-. The van der Waals surface area contributed by atoms with Crippen molar-refractivity contribution < 1.29 is 15.1 Å². The van der Waals surface area contributed by atoms with Crippen LogP contribution in [-0.4, -0.2) is 21.8 Å². The molecule has 0 atom stereocenters. The highest BCUT2D eigenvalue weighted by atomic mass is 16.4. The monoisotopic (exact) mass is 193 g/mol. The van der Waals surface area contributed by atoms with Gasteiger partial charge in [0.25, 0.3) is 0 Å². The van der Waals surface area contributed by atoms with Crippen molar-refractivity contribution in [3.63, 3.8) is 0 Å². The van der Waals surface area contributed by atoms with Gasteiger partial charge in [0.05, 0.1) is 0 Å². The molecule has 1 rings (SSSR count). The van der Waals surface area contributed by atoms with E-state index in [-0.39, 0.29) is 23.7 Å². The number of hydrogen-bond acceptors (Lipinski definition) is 4. The molecule has 1 aromatic carbocycles. The van der Waals surface area contributed by atoms with Crippen molar-refractivity contribution in [1.29, 1.82) is 0 Å². The predicted molar refractivity (Wildman–Crippen MR) is 51.7 cm³/mol. The van der Waals surface area contributed by atoms with Crippen molar-refractivity contribution in [2.45, 2.75) is 13.3 Å². The van der Waals surface area contributed by atoms with Crippen LogP contribution in [0.2, 0.25) is 0 Å². The van der Waals surface area contributed by atoms with E-state index >= 15 is 0 Å². The topological polar surface area (TPSA) is 69.9 Å². The summed E-state index contributed by atoms with van der Waals surface area (Å²) in [7, 11) is 0. The van der Waals surface area contributed by atoms with Gasteiger partial charge in [0.1, 0.15) is 11.5 Å². The Labute approximate surface area is 81.5 Å². The number of Topliss-reactive ketones (excluding diaryl/α,β-unsaturated/α-hetero) is 1. The number of phenolic OH excluding ortho intramolecular Hbond substituents is 1. The highest BCUT2D eigenvalue weighted by Gasteiger charge is 2.07. The number of aromatic hydroxyl groups is 1. The lowest BCUT2D eigenvalue weighted by Gasteiger charge is -2.00. The van der Waals surface area contributed by atoms with E-state index < -0.39 is 0 Å². The summed E-state index contributed by atoms with van der Waals surface area (Å²) in [5.74, 6) is -0.0976. The second-order valence-electron chi connectivity index (χ2n) is 2.95. The van der Waals surface area contributed by atoms with Crippen LogP contribution < -0.4 is 0 Å². The van der Waals surface area contributed by atoms with E-state index in [1.165, 1.54) is 19.1 Å². The zero-order valence-electron chi connectivity index (χ0n) is 7.77. The first-order chi connectivity index (χ1) is 6.63. The maximum absolute atomic E-state index is 10.9. The van der Waals surface area contributed by atoms with Crippen LogP contribution in [0.4, 0.5) is 0 Å². The summed E-state index contributed by atoms with van der Waals surface area (Å²) in [6.45, 7) is 1.34. The molecule has 0 aromatic heterocycles. The Bertz CT molecular complexity index is 354. The third-order valence-corrected chi connectivity index (χ3v) is 1.84. The van der Waals surface area contributed by atoms with Crippen LogP contribution in [0.3, 0.4) is 0 Å². The molecule has 14 heavy (non-hydrogen) atoms. The lowest BCUT2D eigenvalue weighted by molar-refractivity contribution is -0.111. The van der Waals surface area contributed by atoms with Gasteiger partial charge in [-0.2, -0.15) is 0 Å². The first-order valence-corrected chi connectivity index (χ1v) is 4.13. The fraction of sp³-hybridized carbons (Fsp3) is 0.200. The molecule has 1 aromatic rings. The number of hydrogen-bond donors (Lipinski definition) is 2. The number of carbonyl (C=O) groups is 1. The van der Waals surface area contributed by atoms with Gasteiger partial charge in [-0.05, 0) is 17.7 Å². The minimum Gasteiger partial charge on any atom is -0.508 e. The van der Waals surface area contributed by atoms with Crippen LogP contribution in [0.15, 0.2) is 29.4 Å². The molecule has 0 saturated carbocycles. The van der Waals surface area contributed by atoms with Crippen molar-refractivity contribution in [3.05, 3.63) is 29.8 Å². The quantitative estimate of drug-likeness (QED) is 0.432. The fourth-order valence-corrected chi connectivity index (χ4v) is 1.04. The van der Waals surface area contributed by atoms with Gasteiger partial charge in [-0.1, -0.05) is 17.3 Å². The van der Waals surface area contributed by atoms with E-state index in [1.807, 2.05) is 0 Å². The minimum atomic E-state index is -0.263. The van der Waals surface area contributed by atoms with Crippen LogP contribution >= 0.6 is 0 Å². The molecule has 0 radical (unpaired) electrons. The zero-order valence-corrected chi connectivity index (χ0v) is 7.77. The van der Waals surface area contributed by atoms with E-state index in [0.29, 0.717) is 0 Å². The maximum Gasteiger partial charge on any atom is 0.177 e. The Morgan fingerprint density at radius 3 is 2.36 bits per heavy atom. The maximum atomic E-state index is 10.9. The lowest BCUT2D eigenvalue weighted by Crippen LogP contribution is -2.13. The molecule has 0 fully saturated rings. The molecule has 0 heterocycles. The molecule has 4 heteroatoms. The number of ketones is 1. The first kappa shape index (κ1) is 10.2. The number of nitrogens with zero attached hydrogens (tertiary/aromatic N) is 1. The number of rotatable bonds is 3. The average Bonchev–Trinajstić information content (AvgIpc) is 2.16. The van der Waals surface area contributed by atoms with Gasteiger partial charge in [-0.25, -0.2) is 0 Å². The highest BCUT2D eigenvalue weighted by molar-refractivity contribution is 6.39. The number of phenols is 1. The van der Waals surface area contributed by atoms with Gasteiger partial charge in [0.15, 0.2) is 5.78 Å². The number of benzene rings is 1. The third kappa shape index (κ3) is 2.58. The number of oxime groups is 1. The molecule has 0 unspecified atom stereocenters. The smallest absolute Gasteiger partial charge is 0.177 e. The molecule has 0 aliphatic carbocycles. The largest absolute Gasteiger partial charge is 0.508 e. The molecule has 74 valence electrons. The Kier molecular flexibility index (Phi) is 3.23. The van der Waals surface area contributed by atoms with Gasteiger partial charge in [-0.3, -0.25) is 4.79 Å². The van der Waals surface area contributed by atoms with E-state index in [0.717, 1.165) is 5.56 Å². The van der Waals surface area contributed by atoms with Gasteiger partial charge in [-0.15, -0.1) is 0 Å². The van der Waals surface area contributed by atoms with Crippen molar-refractivity contribution in [2.24, 2.45) is 5.16 Å². The summed E-state index contributed by atoms with van der Waals surface area (Å²) in [6.07, 6.45) is 0.270. The second kappa shape index (κ2) is 4.41. The lowest BCUT2D eigenvalue weighted by atomic mass is 10.1. The second-order valence-corrected chi connectivity index (χ2v) is 2.95. The number of carbonyl (C=O) groups excluding carboxylic acids is 1. The van der Waals surface area contributed by atoms with Crippen molar-refractivity contribution in [2.75, 3.05) is 0 Å². The summed E-state index contributed by atoms with van der Waals surface area (Å²) in [4.78, 5) is 10.9. The van der Waals surface area contributed by atoms with Crippen LogP contribution in [0.5, 0.6) is 5.75 Å². The highest BCUT2D eigenvalue weighted by Crippen LogP contribution is 2.10. The van der Waals surface area contributed by atoms with Crippen molar-refractivity contribution in [3.8, 4) is 5.75 Å². The summed E-state index contributed by atoms with van der Waals surface area (Å²) in [5.41, 5.74) is 0.918. The molecule has 0 saturated heterocycles. The molecule has 2 N–H and O–H groups in total. The van der Waals surface area contributed by atoms with Crippen molar-refractivity contribution >= 4 is 11.5 Å². The SMILES string of the molecule is CC(=O)/C(Cc1ccc(O)cc1)=N\O. The van der Waals surface area contributed by atoms with E-state index in [1.54, 1.807) is 12.1 Å². The van der Waals surface area contributed by atoms with Gasteiger partial charge in [0.2, 0.25) is 0 Å². The molecular weight excluding hydrogens is 182 g/mol. The Hall–Kier alpha value is -1.84. The summed E-state index contributed by atoms with van der Waals surface area (Å²) in [6, 6.07) is 6.38. The van der Waals surface area contributed by atoms with E-state index in [4.69, 9.17) is 10.3 Å². The molecule has 0 aliphatic rings. The van der Waals surface area contributed by atoms with Crippen LogP contribution in [0, 0.1) is 0 Å². The Morgan fingerprint density at radius 2 is 1.93 bits per heavy atom. The summed E-state index contributed by atoms with van der Waals surface area (Å²) < 4.78 is 0. The summed E-state index contributed by atoms with van der Waals surface area (Å²) >= 11 is 0. The van der Waals surface area contributed by atoms with Crippen LogP contribution in [-0.2, 0) is 11.2 Å². The molecule has 0 amide bonds. The van der Waals surface area contributed by atoms with Gasteiger partial charge in [0, 0.05) is 13.3 Å². The fourth-order valence-electron chi connectivity index (χ4n) is 1.04. The van der Waals surface area contributed by atoms with Gasteiger partial charge < -0.3 is 10.3 Å². The minimum absolute atomic E-state index is 0.107. The van der Waals surface area contributed by atoms with E-state index in [9.17, 15) is 4.79 Å².